The summed E-state index contributed by atoms with van der Waals surface area (Å²) >= 11 is 7.84. The van der Waals surface area contributed by atoms with E-state index in [-0.39, 0.29) is 23.6 Å². The minimum atomic E-state index is -0.627. The lowest BCUT2D eigenvalue weighted by Gasteiger charge is -2.32. The second-order valence-electron chi connectivity index (χ2n) is 9.65. The first-order valence-corrected chi connectivity index (χ1v) is 14.6. The standard InChI is InChI=1S/C31H35ClN2O3S/c1-37-27-16-9-12-24(18-27)20-34(30(35)22-38-21-25-13-5-8-17-28(25)32)29(19-23-10-3-2-4-11-23)31(36)33-26-14-6-7-15-26/h2-5,8-13,16-18,26,29H,6-7,14-15,19-22H2,1H3,(H,33,36). The van der Waals surface area contributed by atoms with Gasteiger partial charge in [0.25, 0.3) is 0 Å². The minimum absolute atomic E-state index is 0.0765. The summed E-state index contributed by atoms with van der Waals surface area (Å²) in [6, 6.07) is 24.8. The van der Waals surface area contributed by atoms with Gasteiger partial charge < -0.3 is 15.0 Å². The summed E-state index contributed by atoms with van der Waals surface area (Å²) in [7, 11) is 1.63. The maximum absolute atomic E-state index is 13.8. The Balaban J connectivity index is 1.58. The summed E-state index contributed by atoms with van der Waals surface area (Å²) in [5, 5.41) is 3.94. The van der Waals surface area contributed by atoms with Gasteiger partial charge in [-0.1, -0.05) is 85.1 Å². The quantitative estimate of drug-likeness (QED) is 0.288. The fourth-order valence-electron chi connectivity index (χ4n) is 4.84. The fraction of sp³-hybridized carbons (Fsp3) is 0.355. The second kappa shape index (κ2) is 14.3. The molecule has 200 valence electrons. The zero-order chi connectivity index (χ0) is 26.7. The van der Waals surface area contributed by atoms with Crippen LogP contribution in [0.1, 0.15) is 42.4 Å². The van der Waals surface area contributed by atoms with E-state index in [1.54, 1.807) is 12.0 Å². The number of rotatable bonds is 12. The van der Waals surface area contributed by atoms with Crippen LogP contribution in [0.25, 0.3) is 0 Å². The second-order valence-corrected chi connectivity index (χ2v) is 11.0. The minimum Gasteiger partial charge on any atom is -0.497 e. The summed E-state index contributed by atoms with van der Waals surface area (Å²) < 4.78 is 5.41. The van der Waals surface area contributed by atoms with Crippen molar-refractivity contribution in [3.05, 3.63) is 101 Å². The third-order valence-corrected chi connectivity index (χ3v) is 8.24. The zero-order valence-corrected chi connectivity index (χ0v) is 23.3. The topological polar surface area (TPSA) is 58.6 Å². The molecule has 1 aliphatic rings. The molecule has 0 spiro atoms. The average Bonchev–Trinajstić information content (AvgIpc) is 3.45. The molecule has 4 rings (SSSR count). The number of ether oxygens (including phenoxy) is 1. The zero-order valence-electron chi connectivity index (χ0n) is 21.8. The van der Waals surface area contributed by atoms with Gasteiger partial charge in [-0.3, -0.25) is 9.59 Å². The molecular weight excluding hydrogens is 516 g/mol. The van der Waals surface area contributed by atoms with Crippen LogP contribution >= 0.6 is 23.4 Å². The smallest absolute Gasteiger partial charge is 0.243 e. The van der Waals surface area contributed by atoms with Crippen molar-refractivity contribution in [2.75, 3.05) is 12.9 Å². The monoisotopic (exact) mass is 550 g/mol. The average molecular weight is 551 g/mol. The van der Waals surface area contributed by atoms with Gasteiger partial charge in [0, 0.05) is 29.8 Å². The van der Waals surface area contributed by atoms with E-state index in [4.69, 9.17) is 16.3 Å². The molecule has 0 aromatic heterocycles. The first-order chi connectivity index (χ1) is 18.5. The van der Waals surface area contributed by atoms with Crippen molar-refractivity contribution < 1.29 is 14.3 Å². The van der Waals surface area contributed by atoms with Crippen LogP contribution in [0.3, 0.4) is 0 Å². The number of thioether (sulfide) groups is 1. The molecule has 1 unspecified atom stereocenters. The molecular formula is C31H35ClN2O3S. The summed E-state index contributed by atoms with van der Waals surface area (Å²) in [6.07, 6.45) is 4.67. The fourth-order valence-corrected chi connectivity index (χ4v) is 6.03. The molecule has 1 fully saturated rings. The van der Waals surface area contributed by atoms with Gasteiger partial charge in [0.1, 0.15) is 11.8 Å². The van der Waals surface area contributed by atoms with Gasteiger partial charge in [-0.15, -0.1) is 11.8 Å². The molecule has 1 aliphatic carbocycles. The number of carbonyl (C=O) groups is 2. The Labute approximate surface area is 234 Å². The van der Waals surface area contributed by atoms with Crippen molar-refractivity contribution in [2.45, 2.75) is 56.5 Å². The Morgan fingerprint density at radius 2 is 1.71 bits per heavy atom. The number of methoxy groups -OCH3 is 1. The highest BCUT2D eigenvalue weighted by Crippen LogP contribution is 2.24. The van der Waals surface area contributed by atoms with Crippen LogP contribution in [0.4, 0.5) is 0 Å². The largest absolute Gasteiger partial charge is 0.497 e. The molecule has 0 heterocycles. The molecule has 1 N–H and O–H groups in total. The summed E-state index contributed by atoms with van der Waals surface area (Å²) in [5.74, 6) is 1.42. The lowest BCUT2D eigenvalue weighted by Crippen LogP contribution is -2.52. The number of benzene rings is 3. The predicted octanol–water partition coefficient (Wildman–Crippen LogP) is 6.28. The van der Waals surface area contributed by atoms with Crippen molar-refractivity contribution >= 4 is 35.2 Å². The Morgan fingerprint density at radius 1 is 1.00 bits per heavy atom. The van der Waals surface area contributed by atoms with Crippen LogP contribution < -0.4 is 10.1 Å². The number of hydrogen-bond acceptors (Lipinski definition) is 4. The lowest BCUT2D eigenvalue weighted by atomic mass is 10.0. The molecule has 1 atom stereocenters. The number of hydrogen-bond donors (Lipinski definition) is 1. The number of carbonyl (C=O) groups excluding carboxylic acids is 2. The highest BCUT2D eigenvalue weighted by atomic mass is 35.5. The van der Waals surface area contributed by atoms with Gasteiger partial charge in [-0.05, 0) is 47.7 Å². The van der Waals surface area contributed by atoms with Crippen LogP contribution in [0.2, 0.25) is 5.02 Å². The molecule has 38 heavy (non-hydrogen) atoms. The third kappa shape index (κ3) is 8.02. The van der Waals surface area contributed by atoms with Gasteiger partial charge >= 0.3 is 0 Å². The first kappa shape index (κ1) is 28.1. The Kier molecular flexibility index (Phi) is 10.5. The molecule has 0 aliphatic heterocycles. The van der Waals surface area contributed by atoms with E-state index in [0.717, 1.165) is 48.1 Å². The number of nitrogens with zero attached hydrogens (tertiary/aromatic N) is 1. The molecule has 0 saturated heterocycles. The maximum atomic E-state index is 13.8. The summed E-state index contributed by atoms with van der Waals surface area (Å²) in [4.78, 5) is 29.3. The van der Waals surface area contributed by atoms with Crippen molar-refractivity contribution in [2.24, 2.45) is 0 Å². The molecule has 2 amide bonds. The van der Waals surface area contributed by atoms with Crippen LogP contribution in [-0.2, 0) is 28.3 Å². The van der Waals surface area contributed by atoms with Crippen LogP contribution in [-0.4, -0.2) is 41.7 Å². The van der Waals surface area contributed by atoms with Gasteiger partial charge in [-0.25, -0.2) is 0 Å². The normalized spacial score (nSPS) is 14.2. The first-order valence-electron chi connectivity index (χ1n) is 13.1. The molecule has 3 aromatic carbocycles. The van der Waals surface area contributed by atoms with Crippen LogP contribution in [0.5, 0.6) is 5.75 Å². The van der Waals surface area contributed by atoms with Crippen LogP contribution in [0.15, 0.2) is 78.9 Å². The predicted molar refractivity (Wildman–Crippen MR) is 155 cm³/mol. The Hall–Kier alpha value is -2.96. The molecule has 7 heteroatoms. The lowest BCUT2D eigenvalue weighted by molar-refractivity contribution is -0.139. The van der Waals surface area contributed by atoms with Gasteiger partial charge in [0.05, 0.1) is 12.9 Å². The van der Waals surface area contributed by atoms with E-state index < -0.39 is 6.04 Å². The van der Waals surface area contributed by atoms with Gasteiger partial charge in [-0.2, -0.15) is 0 Å². The van der Waals surface area contributed by atoms with E-state index in [1.165, 1.54) is 11.8 Å². The molecule has 3 aromatic rings. The maximum Gasteiger partial charge on any atom is 0.243 e. The number of halogens is 1. The molecule has 0 radical (unpaired) electrons. The summed E-state index contributed by atoms with van der Waals surface area (Å²) in [5.41, 5.74) is 2.93. The van der Waals surface area contributed by atoms with Crippen molar-refractivity contribution in [3.8, 4) is 5.75 Å². The number of amides is 2. The van der Waals surface area contributed by atoms with E-state index in [2.05, 4.69) is 5.32 Å². The highest BCUT2D eigenvalue weighted by Gasteiger charge is 2.32. The van der Waals surface area contributed by atoms with Crippen molar-refractivity contribution in [3.63, 3.8) is 0 Å². The van der Waals surface area contributed by atoms with Crippen molar-refractivity contribution in [1.29, 1.82) is 0 Å². The molecule has 1 saturated carbocycles. The van der Waals surface area contributed by atoms with Crippen molar-refractivity contribution in [1.82, 2.24) is 10.2 Å². The van der Waals surface area contributed by atoms with Gasteiger partial charge in [0.2, 0.25) is 11.8 Å². The van der Waals surface area contributed by atoms with E-state index in [0.29, 0.717) is 23.7 Å². The molecule has 5 nitrogen and oxygen atoms in total. The van der Waals surface area contributed by atoms with Gasteiger partial charge in [0.15, 0.2) is 0 Å². The van der Waals surface area contributed by atoms with E-state index in [1.807, 2.05) is 78.9 Å². The molecule has 0 bridgehead atoms. The van der Waals surface area contributed by atoms with E-state index in [9.17, 15) is 9.59 Å². The summed E-state index contributed by atoms with van der Waals surface area (Å²) in [6.45, 7) is 0.318. The SMILES string of the molecule is COc1cccc(CN(C(=O)CSCc2ccccc2Cl)C(Cc2ccccc2)C(=O)NC2CCCC2)c1. The third-order valence-electron chi connectivity index (χ3n) is 6.90. The van der Waals surface area contributed by atoms with E-state index >= 15 is 0 Å². The number of nitrogens with one attached hydrogen (secondary N) is 1. The Morgan fingerprint density at radius 3 is 2.45 bits per heavy atom. The Bertz CT molecular complexity index is 1200. The van der Waals surface area contributed by atoms with Crippen LogP contribution in [0, 0.1) is 0 Å². The highest BCUT2D eigenvalue weighted by molar-refractivity contribution is 7.99.